The third-order valence-electron chi connectivity index (χ3n) is 3.04. The predicted octanol–water partition coefficient (Wildman–Crippen LogP) is 3.58. The molecule has 1 aromatic carbocycles. The number of benzene rings is 1. The van der Waals surface area contributed by atoms with Crippen LogP contribution in [0.1, 0.15) is 29.3 Å². The molecular formula is C16H17NO4S. The molecule has 6 heteroatoms. The molecule has 2 N–H and O–H groups in total. The maximum absolute atomic E-state index is 11.9. The van der Waals surface area contributed by atoms with Crippen LogP contribution in [-0.4, -0.2) is 17.2 Å². The topological polar surface area (TPSA) is 75.6 Å². The first-order valence-corrected chi connectivity index (χ1v) is 7.75. The van der Waals surface area contributed by atoms with Gasteiger partial charge in [0.05, 0.1) is 6.04 Å². The average Bonchev–Trinajstić information content (AvgIpc) is 3.04. The van der Waals surface area contributed by atoms with Gasteiger partial charge in [0.25, 0.3) is 0 Å². The predicted molar refractivity (Wildman–Crippen MR) is 83.7 cm³/mol. The van der Waals surface area contributed by atoms with Crippen molar-refractivity contribution in [2.45, 2.75) is 25.5 Å². The number of hydrogen-bond acceptors (Lipinski definition) is 4. The number of carbonyl (C=O) groups excluding carboxylic acids is 1. The molecule has 0 aliphatic carbocycles. The SMILES string of the molecule is O=C(O)CCC(NC(=O)OCc1ccccc1)c1cccs1. The quantitative estimate of drug-likeness (QED) is 0.818. The molecule has 0 spiro atoms. The number of thiophene rings is 1. The number of nitrogens with one attached hydrogen (secondary N) is 1. The summed E-state index contributed by atoms with van der Waals surface area (Å²) < 4.78 is 5.17. The van der Waals surface area contributed by atoms with Gasteiger partial charge in [-0.25, -0.2) is 4.79 Å². The molecule has 1 aromatic heterocycles. The molecule has 0 fully saturated rings. The van der Waals surface area contributed by atoms with Crippen LogP contribution in [0.3, 0.4) is 0 Å². The Morgan fingerprint density at radius 3 is 2.59 bits per heavy atom. The van der Waals surface area contributed by atoms with Gasteiger partial charge in [-0.1, -0.05) is 36.4 Å². The van der Waals surface area contributed by atoms with Crippen molar-refractivity contribution in [3.8, 4) is 0 Å². The van der Waals surface area contributed by atoms with Crippen LogP contribution < -0.4 is 5.32 Å². The second-order valence-corrected chi connectivity index (χ2v) is 5.69. The molecule has 2 rings (SSSR count). The summed E-state index contributed by atoms with van der Waals surface area (Å²) in [5.41, 5.74) is 0.899. The minimum Gasteiger partial charge on any atom is -0.481 e. The summed E-state index contributed by atoms with van der Waals surface area (Å²) in [7, 11) is 0. The minimum atomic E-state index is -0.888. The zero-order chi connectivity index (χ0) is 15.8. The first kappa shape index (κ1) is 16.0. The molecule has 0 saturated heterocycles. The van der Waals surface area contributed by atoms with Crippen molar-refractivity contribution in [3.63, 3.8) is 0 Å². The summed E-state index contributed by atoms with van der Waals surface area (Å²) in [6.07, 6.45) is -0.231. The molecule has 0 aliphatic rings. The molecule has 0 bridgehead atoms. The van der Waals surface area contributed by atoms with Crippen LogP contribution in [0.2, 0.25) is 0 Å². The van der Waals surface area contributed by atoms with Crippen molar-refractivity contribution in [2.24, 2.45) is 0 Å². The third-order valence-corrected chi connectivity index (χ3v) is 4.02. The van der Waals surface area contributed by atoms with Gasteiger partial charge >= 0.3 is 12.1 Å². The number of carbonyl (C=O) groups is 2. The summed E-state index contributed by atoms with van der Waals surface area (Å²) in [6, 6.07) is 12.8. The van der Waals surface area contributed by atoms with Gasteiger partial charge in [0.2, 0.25) is 0 Å². The molecule has 1 heterocycles. The molecule has 5 nitrogen and oxygen atoms in total. The monoisotopic (exact) mass is 319 g/mol. The number of rotatable bonds is 7. The molecule has 22 heavy (non-hydrogen) atoms. The Bertz CT molecular complexity index is 598. The number of ether oxygens (including phenoxy) is 1. The van der Waals surface area contributed by atoms with E-state index in [1.165, 1.54) is 11.3 Å². The number of amides is 1. The highest BCUT2D eigenvalue weighted by atomic mass is 32.1. The summed E-state index contributed by atoms with van der Waals surface area (Å²) in [6.45, 7) is 0.183. The van der Waals surface area contributed by atoms with Crippen LogP contribution in [0.5, 0.6) is 0 Å². The highest BCUT2D eigenvalue weighted by Gasteiger charge is 2.17. The maximum Gasteiger partial charge on any atom is 0.407 e. The molecule has 1 unspecified atom stereocenters. The van der Waals surface area contributed by atoms with Crippen LogP contribution in [0.25, 0.3) is 0 Å². The van der Waals surface area contributed by atoms with Crippen LogP contribution >= 0.6 is 11.3 Å². The minimum absolute atomic E-state index is 0.0124. The van der Waals surface area contributed by atoms with E-state index in [0.29, 0.717) is 6.42 Å². The Kier molecular flexibility index (Phi) is 5.97. The van der Waals surface area contributed by atoms with Gasteiger partial charge in [-0.15, -0.1) is 11.3 Å². The Labute approximate surface area is 132 Å². The fourth-order valence-electron chi connectivity index (χ4n) is 1.95. The standard InChI is InChI=1S/C16H17NO4S/c18-15(19)9-8-13(14-7-4-10-22-14)17-16(20)21-11-12-5-2-1-3-6-12/h1-7,10,13H,8-9,11H2,(H,17,20)(H,18,19). The van der Waals surface area contributed by atoms with Crippen LogP contribution in [-0.2, 0) is 16.1 Å². The van der Waals surface area contributed by atoms with Gasteiger partial charge in [-0.05, 0) is 23.4 Å². The van der Waals surface area contributed by atoms with Crippen LogP contribution in [0, 0.1) is 0 Å². The van der Waals surface area contributed by atoms with Crippen LogP contribution in [0.4, 0.5) is 4.79 Å². The number of carboxylic acids is 1. The van der Waals surface area contributed by atoms with Crippen molar-refractivity contribution < 1.29 is 19.4 Å². The Morgan fingerprint density at radius 2 is 1.95 bits per heavy atom. The average molecular weight is 319 g/mol. The van der Waals surface area contributed by atoms with Gasteiger partial charge in [0, 0.05) is 11.3 Å². The highest BCUT2D eigenvalue weighted by molar-refractivity contribution is 7.10. The lowest BCUT2D eigenvalue weighted by molar-refractivity contribution is -0.137. The number of alkyl carbamates (subject to hydrolysis) is 1. The largest absolute Gasteiger partial charge is 0.481 e. The number of carboxylic acid groups (broad SMARTS) is 1. The molecular weight excluding hydrogens is 302 g/mol. The van der Waals surface area contributed by atoms with E-state index in [9.17, 15) is 9.59 Å². The fraction of sp³-hybridized carbons (Fsp3) is 0.250. The number of aliphatic carboxylic acids is 1. The van der Waals surface area contributed by atoms with Crippen LogP contribution in [0.15, 0.2) is 47.8 Å². The smallest absolute Gasteiger partial charge is 0.407 e. The third kappa shape index (κ3) is 5.21. The second kappa shape index (κ2) is 8.19. The number of hydrogen-bond donors (Lipinski definition) is 2. The van der Waals surface area contributed by atoms with E-state index in [-0.39, 0.29) is 19.1 Å². The van der Waals surface area contributed by atoms with Gasteiger partial charge in [-0.2, -0.15) is 0 Å². The lowest BCUT2D eigenvalue weighted by atomic mass is 10.1. The summed E-state index contributed by atoms with van der Waals surface area (Å²) in [5, 5.41) is 13.4. The first-order valence-electron chi connectivity index (χ1n) is 6.87. The van der Waals surface area contributed by atoms with Gasteiger partial charge < -0.3 is 15.2 Å². The van der Waals surface area contributed by atoms with E-state index >= 15 is 0 Å². The van der Waals surface area contributed by atoms with E-state index in [2.05, 4.69) is 5.32 Å². The summed E-state index contributed by atoms with van der Waals surface area (Å²) in [5.74, 6) is -0.888. The zero-order valence-electron chi connectivity index (χ0n) is 11.9. The Morgan fingerprint density at radius 1 is 1.18 bits per heavy atom. The van der Waals surface area contributed by atoms with E-state index in [4.69, 9.17) is 9.84 Å². The molecule has 1 amide bonds. The molecule has 0 radical (unpaired) electrons. The van der Waals surface area contributed by atoms with E-state index in [1.807, 2.05) is 47.8 Å². The normalized spacial score (nSPS) is 11.6. The lowest BCUT2D eigenvalue weighted by Gasteiger charge is -2.16. The lowest BCUT2D eigenvalue weighted by Crippen LogP contribution is -2.29. The Hall–Kier alpha value is -2.34. The van der Waals surface area contributed by atoms with E-state index in [1.54, 1.807) is 0 Å². The highest BCUT2D eigenvalue weighted by Crippen LogP contribution is 2.23. The van der Waals surface area contributed by atoms with Crippen molar-refractivity contribution in [2.75, 3.05) is 0 Å². The van der Waals surface area contributed by atoms with E-state index in [0.717, 1.165) is 10.4 Å². The second-order valence-electron chi connectivity index (χ2n) is 4.71. The molecule has 116 valence electrons. The summed E-state index contributed by atoms with van der Waals surface area (Å²) in [4.78, 5) is 23.5. The van der Waals surface area contributed by atoms with Crippen molar-refractivity contribution in [1.82, 2.24) is 5.32 Å². The fourth-order valence-corrected chi connectivity index (χ4v) is 2.76. The molecule has 0 aliphatic heterocycles. The Balaban J connectivity index is 1.89. The van der Waals surface area contributed by atoms with Crippen molar-refractivity contribution in [1.29, 1.82) is 0 Å². The first-order chi connectivity index (χ1) is 10.6. The van der Waals surface area contributed by atoms with Gasteiger partial charge in [0.1, 0.15) is 6.61 Å². The maximum atomic E-state index is 11.9. The van der Waals surface area contributed by atoms with Gasteiger partial charge in [-0.3, -0.25) is 4.79 Å². The van der Waals surface area contributed by atoms with E-state index < -0.39 is 12.1 Å². The molecule has 2 aromatic rings. The van der Waals surface area contributed by atoms with Crippen molar-refractivity contribution in [3.05, 3.63) is 58.3 Å². The van der Waals surface area contributed by atoms with Crippen molar-refractivity contribution >= 4 is 23.4 Å². The zero-order valence-corrected chi connectivity index (χ0v) is 12.7. The van der Waals surface area contributed by atoms with Gasteiger partial charge in [0.15, 0.2) is 0 Å². The molecule has 1 atom stereocenters. The summed E-state index contributed by atoms with van der Waals surface area (Å²) >= 11 is 1.48. The molecule has 0 saturated carbocycles.